The van der Waals surface area contributed by atoms with Crippen LogP contribution in [0.25, 0.3) is 0 Å². The summed E-state index contributed by atoms with van der Waals surface area (Å²) in [6.45, 7) is 0. The van der Waals surface area contributed by atoms with Crippen molar-refractivity contribution in [2.75, 3.05) is 10.7 Å². The zero-order valence-electron chi connectivity index (χ0n) is 13.4. The molecule has 0 saturated heterocycles. The van der Waals surface area contributed by atoms with Gasteiger partial charge in [0, 0.05) is 30.1 Å². The van der Waals surface area contributed by atoms with Crippen molar-refractivity contribution in [3.63, 3.8) is 0 Å². The highest BCUT2D eigenvalue weighted by Gasteiger charge is 2.19. The molecule has 2 N–H and O–H groups in total. The summed E-state index contributed by atoms with van der Waals surface area (Å²) in [7, 11) is 0. The number of rotatable bonds is 4. The van der Waals surface area contributed by atoms with E-state index in [1.54, 1.807) is 35.0 Å². The van der Waals surface area contributed by atoms with Gasteiger partial charge in [0.2, 0.25) is 0 Å². The Morgan fingerprint density at radius 3 is 2.76 bits per heavy atom. The Labute approximate surface area is 149 Å². The first-order chi connectivity index (χ1) is 12.1. The molecular weight excluding hydrogens is 339 g/mol. The number of thioether (sulfide) groups is 1. The number of nitrogens with zero attached hydrogens (tertiary/aromatic N) is 1. The Balaban J connectivity index is 2.04. The number of benzene rings is 2. The maximum Gasteiger partial charge on any atom is 0.409 e. The highest BCUT2D eigenvalue weighted by Crippen LogP contribution is 2.33. The molecule has 0 unspecified atom stereocenters. The van der Waals surface area contributed by atoms with E-state index in [1.807, 2.05) is 48.0 Å². The fourth-order valence-electron chi connectivity index (χ4n) is 2.55. The van der Waals surface area contributed by atoms with Crippen LogP contribution in [0.2, 0.25) is 0 Å². The zero-order chi connectivity index (χ0) is 17.6. The molecule has 1 aliphatic rings. The van der Waals surface area contributed by atoms with Gasteiger partial charge in [0.25, 0.3) is 0 Å². The lowest BCUT2D eigenvalue weighted by molar-refractivity contribution is 0.210. The molecule has 0 bridgehead atoms. The van der Waals surface area contributed by atoms with Crippen LogP contribution in [0.15, 0.2) is 66.3 Å². The third kappa shape index (κ3) is 4.22. The van der Waals surface area contributed by atoms with Crippen LogP contribution in [0.1, 0.15) is 11.1 Å². The number of hydrogen-bond donors (Lipinski definition) is 1. The Bertz CT molecular complexity index is 808. The molecule has 3 rings (SSSR count). The van der Waals surface area contributed by atoms with Crippen molar-refractivity contribution in [2.45, 2.75) is 6.42 Å². The molecule has 6 heteroatoms. The van der Waals surface area contributed by atoms with Gasteiger partial charge in [0.1, 0.15) is 5.75 Å². The van der Waals surface area contributed by atoms with Gasteiger partial charge in [-0.25, -0.2) is 9.18 Å². The molecule has 1 aliphatic heterocycles. The minimum atomic E-state index is -0.965. The van der Waals surface area contributed by atoms with E-state index >= 15 is 4.39 Å². The third-order valence-corrected chi connectivity index (χ3v) is 4.37. The smallest absolute Gasteiger partial charge is 0.409 e. The molecule has 2 aromatic carbocycles. The minimum Gasteiger partial charge on any atom is -0.410 e. The van der Waals surface area contributed by atoms with Crippen molar-refractivity contribution in [1.82, 2.24) is 0 Å². The highest BCUT2D eigenvalue weighted by molar-refractivity contribution is 8.02. The van der Waals surface area contributed by atoms with E-state index in [4.69, 9.17) is 10.5 Å². The molecule has 0 spiro atoms. The molecule has 2 aromatic rings. The van der Waals surface area contributed by atoms with Crippen LogP contribution in [0.5, 0.6) is 5.75 Å². The van der Waals surface area contributed by atoms with E-state index in [-0.39, 0.29) is 5.75 Å². The van der Waals surface area contributed by atoms with Crippen LogP contribution in [-0.4, -0.2) is 11.8 Å². The minimum absolute atomic E-state index is 0.134. The molecule has 25 heavy (non-hydrogen) atoms. The monoisotopic (exact) mass is 356 g/mol. The molecule has 1 heterocycles. The van der Waals surface area contributed by atoms with Crippen molar-refractivity contribution in [3.05, 3.63) is 83.3 Å². The number of halogens is 1. The summed E-state index contributed by atoms with van der Waals surface area (Å²) in [6, 6.07) is 12.6. The van der Waals surface area contributed by atoms with Gasteiger partial charge in [0.15, 0.2) is 5.82 Å². The Morgan fingerprint density at radius 1 is 1.20 bits per heavy atom. The Morgan fingerprint density at radius 2 is 2.00 bits per heavy atom. The molecule has 0 saturated carbocycles. The molecule has 0 fully saturated rings. The van der Waals surface area contributed by atoms with Crippen LogP contribution >= 0.6 is 11.8 Å². The van der Waals surface area contributed by atoms with Gasteiger partial charge in [-0.15, -0.1) is 11.8 Å². The van der Waals surface area contributed by atoms with E-state index < -0.39 is 11.9 Å². The first-order valence-electron chi connectivity index (χ1n) is 7.71. The molecule has 128 valence electrons. The quantitative estimate of drug-likeness (QED) is 0.881. The summed E-state index contributed by atoms with van der Waals surface area (Å²) in [5.74, 6) is 0.521. The number of hydrogen-bond acceptors (Lipinski definition) is 4. The average molecular weight is 356 g/mol. The maximum absolute atomic E-state index is 15.2. The van der Waals surface area contributed by atoms with E-state index in [2.05, 4.69) is 0 Å². The fraction of sp³-hybridized carbons (Fsp3) is 0.105. The van der Waals surface area contributed by atoms with Crippen molar-refractivity contribution in [2.24, 2.45) is 5.73 Å². The molecule has 0 aromatic heterocycles. The number of carbonyl (C=O) groups excluding carboxylic acids is 1. The summed E-state index contributed by atoms with van der Waals surface area (Å²) in [6.07, 6.45) is 4.89. The van der Waals surface area contributed by atoms with Crippen LogP contribution in [-0.2, 0) is 6.42 Å². The summed E-state index contributed by atoms with van der Waals surface area (Å²) < 4.78 is 20.2. The summed E-state index contributed by atoms with van der Waals surface area (Å²) >= 11 is 1.62. The van der Waals surface area contributed by atoms with Gasteiger partial charge in [-0.2, -0.15) is 0 Å². The maximum atomic E-state index is 15.2. The summed E-state index contributed by atoms with van der Waals surface area (Å²) in [4.78, 5) is 12.9. The van der Waals surface area contributed by atoms with Gasteiger partial charge in [-0.1, -0.05) is 36.4 Å². The third-order valence-electron chi connectivity index (χ3n) is 3.67. The van der Waals surface area contributed by atoms with Crippen LogP contribution in [0.4, 0.5) is 14.9 Å². The van der Waals surface area contributed by atoms with Crippen molar-refractivity contribution >= 4 is 23.5 Å². The SMILES string of the molecule is NC(=O)Oc1ccc(N2C=CCSC=C2)c(F)c1Cc1ccccc1. The van der Waals surface area contributed by atoms with Gasteiger partial charge in [-0.05, 0) is 23.1 Å². The Kier molecular flexibility index (Phi) is 5.40. The number of nitrogens with two attached hydrogens (primary N) is 1. The van der Waals surface area contributed by atoms with Crippen molar-refractivity contribution < 1.29 is 13.9 Å². The lowest BCUT2D eigenvalue weighted by Crippen LogP contribution is -2.18. The zero-order valence-corrected chi connectivity index (χ0v) is 14.2. The lowest BCUT2D eigenvalue weighted by Gasteiger charge is -2.19. The van der Waals surface area contributed by atoms with Gasteiger partial charge in [-0.3, -0.25) is 0 Å². The number of ether oxygens (including phenoxy) is 1. The molecule has 4 nitrogen and oxygen atoms in total. The second kappa shape index (κ2) is 7.90. The lowest BCUT2D eigenvalue weighted by atomic mass is 10.0. The number of amides is 1. The molecule has 0 radical (unpaired) electrons. The van der Waals surface area contributed by atoms with Crippen molar-refractivity contribution in [3.8, 4) is 5.75 Å². The molecular formula is C19H17FN2O2S. The van der Waals surface area contributed by atoms with E-state index in [0.29, 0.717) is 17.7 Å². The average Bonchev–Trinajstić information content (AvgIpc) is 2.88. The van der Waals surface area contributed by atoms with Gasteiger partial charge < -0.3 is 15.4 Å². The summed E-state index contributed by atoms with van der Waals surface area (Å²) in [5, 5.41) is 1.91. The van der Waals surface area contributed by atoms with Crippen LogP contribution < -0.4 is 15.4 Å². The van der Waals surface area contributed by atoms with Gasteiger partial charge in [0.05, 0.1) is 5.69 Å². The number of primary amides is 1. The number of carbonyl (C=O) groups is 1. The molecule has 1 amide bonds. The molecule has 0 atom stereocenters. The predicted molar refractivity (Wildman–Crippen MR) is 99.1 cm³/mol. The number of anilines is 1. The van der Waals surface area contributed by atoms with E-state index in [0.717, 1.165) is 11.3 Å². The standard InChI is InChI=1S/C19H17FN2O2S/c20-18-15(13-14-5-2-1-3-6-14)17(24-19(21)23)8-7-16(18)22-9-4-11-25-12-10-22/h1-10,12H,11,13H2,(H2,21,23). The highest BCUT2D eigenvalue weighted by atomic mass is 32.2. The normalized spacial score (nSPS) is 13.6. The largest absolute Gasteiger partial charge is 0.410 e. The summed E-state index contributed by atoms with van der Waals surface area (Å²) in [5.41, 5.74) is 6.71. The second-order valence-corrected chi connectivity index (χ2v) is 6.31. The Hall–Kier alpha value is -2.73. The van der Waals surface area contributed by atoms with E-state index in [1.165, 1.54) is 0 Å². The second-order valence-electron chi connectivity index (χ2n) is 5.37. The van der Waals surface area contributed by atoms with E-state index in [9.17, 15) is 4.79 Å². The first kappa shape index (κ1) is 17.1. The van der Waals surface area contributed by atoms with Crippen LogP contribution in [0.3, 0.4) is 0 Å². The first-order valence-corrected chi connectivity index (χ1v) is 8.76. The van der Waals surface area contributed by atoms with Crippen molar-refractivity contribution in [1.29, 1.82) is 0 Å². The molecule has 0 aliphatic carbocycles. The van der Waals surface area contributed by atoms with Crippen LogP contribution in [0, 0.1) is 5.82 Å². The van der Waals surface area contributed by atoms with Gasteiger partial charge >= 0.3 is 6.09 Å². The predicted octanol–water partition coefficient (Wildman–Crippen LogP) is 4.41. The topological polar surface area (TPSA) is 55.6 Å². The fourth-order valence-corrected chi connectivity index (χ4v) is 3.07.